The lowest BCUT2D eigenvalue weighted by Gasteiger charge is -2.44. The summed E-state index contributed by atoms with van der Waals surface area (Å²) < 4.78 is 5.13. The molecule has 37 heavy (non-hydrogen) atoms. The molecule has 1 unspecified atom stereocenters. The Balaban J connectivity index is 1.15. The van der Waals surface area contributed by atoms with Gasteiger partial charge < -0.3 is 19.4 Å². The van der Waals surface area contributed by atoms with Crippen LogP contribution < -0.4 is 10.2 Å². The normalized spacial score (nSPS) is 24.2. The van der Waals surface area contributed by atoms with Gasteiger partial charge in [0.15, 0.2) is 0 Å². The molecule has 1 atom stereocenters. The number of amides is 4. The van der Waals surface area contributed by atoms with E-state index in [9.17, 15) is 19.2 Å². The molecule has 4 aliphatic heterocycles. The molecule has 1 N–H and O–H groups in total. The van der Waals surface area contributed by atoms with Gasteiger partial charge in [-0.15, -0.1) is 0 Å². The number of fused-ring (bicyclic) bond motifs is 1. The maximum Gasteiger partial charge on any atom is 0.409 e. The third-order valence-electron chi connectivity index (χ3n) is 8.35. The number of rotatable bonds is 5. The van der Waals surface area contributed by atoms with Crippen LogP contribution in [0, 0.1) is 5.41 Å². The summed E-state index contributed by atoms with van der Waals surface area (Å²) in [7, 11) is 0. The van der Waals surface area contributed by atoms with Gasteiger partial charge in [-0.05, 0) is 55.4 Å². The SMILES string of the molecule is CCOC(=O)N1CCN(CC2(C)CCN(c3ccc4c(c3)CN(C3CCC(=O)NC3=O)C4=O)CC2)CC1. The number of hydrogen-bond donors (Lipinski definition) is 1. The van der Waals surface area contributed by atoms with Crippen molar-refractivity contribution in [2.75, 3.05) is 57.3 Å². The van der Waals surface area contributed by atoms with E-state index in [0.29, 0.717) is 38.2 Å². The van der Waals surface area contributed by atoms with Gasteiger partial charge in [0.25, 0.3) is 5.91 Å². The zero-order chi connectivity index (χ0) is 26.2. The lowest BCUT2D eigenvalue weighted by molar-refractivity contribution is -0.136. The van der Waals surface area contributed by atoms with Gasteiger partial charge in [0, 0.05) is 70.0 Å². The quantitative estimate of drug-likeness (QED) is 0.602. The van der Waals surface area contributed by atoms with Crippen LogP contribution in [0.4, 0.5) is 10.5 Å². The Bertz CT molecular complexity index is 1070. The van der Waals surface area contributed by atoms with Gasteiger partial charge >= 0.3 is 6.09 Å². The maximum absolute atomic E-state index is 13.0. The first kappa shape index (κ1) is 25.5. The van der Waals surface area contributed by atoms with Gasteiger partial charge in [-0.1, -0.05) is 6.92 Å². The highest BCUT2D eigenvalue weighted by molar-refractivity contribution is 6.05. The van der Waals surface area contributed by atoms with Crippen LogP contribution in [0.5, 0.6) is 0 Å². The number of nitrogens with one attached hydrogen (secondary N) is 1. The van der Waals surface area contributed by atoms with E-state index in [1.54, 1.807) is 9.80 Å². The first-order chi connectivity index (χ1) is 17.8. The topological polar surface area (TPSA) is 102 Å². The molecule has 0 radical (unpaired) electrons. The van der Waals surface area contributed by atoms with Crippen LogP contribution in [0.15, 0.2) is 18.2 Å². The molecule has 3 fully saturated rings. The molecule has 1 aromatic rings. The lowest BCUT2D eigenvalue weighted by atomic mass is 9.79. The second-order valence-electron chi connectivity index (χ2n) is 11.0. The first-order valence-corrected chi connectivity index (χ1v) is 13.4. The van der Waals surface area contributed by atoms with E-state index in [0.717, 1.165) is 56.8 Å². The Hall–Kier alpha value is -3.14. The smallest absolute Gasteiger partial charge is 0.409 e. The maximum atomic E-state index is 13.0. The second-order valence-corrected chi connectivity index (χ2v) is 11.0. The highest BCUT2D eigenvalue weighted by Gasteiger charge is 2.40. The number of piperidine rings is 2. The van der Waals surface area contributed by atoms with E-state index in [4.69, 9.17) is 4.74 Å². The van der Waals surface area contributed by atoms with Gasteiger partial charge in [0.2, 0.25) is 11.8 Å². The third kappa shape index (κ3) is 5.30. The van der Waals surface area contributed by atoms with E-state index in [1.165, 1.54) is 0 Å². The van der Waals surface area contributed by atoms with Crippen molar-refractivity contribution in [3.05, 3.63) is 29.3 Å². The Morgan fingerprint density at radius 2 is 1.81 bits per heavy atom. The molecule has 3 saturated heterocycles. The predicted octanol–water partition coefficient (Wildman–Crippen LogP) is 1.83. The zero-order valence-corrected chi connectivity index (χ0v) is 21.8. The summed E-state index contributed by atoms with van der Waals surface area (Å²) in [6, 6.07) is 5.41. The molecule has 10 nitrogen and oxygen atoms in total. The minimum absolute atomic E-state index is 0.134. The summed E-state index contributed by atoms with van der Waals surface area (Å²) in [6.07, 6.45) is 2.57. The van der Waals surface area contributed by atoms with Crippen LogP contribution >= 0.6 is 0 Å². The molecule has 0 aromatic heterocycles. The molecular weight excluding hydrogens is 474 g/mol. The molecular formula is C27H37N5O5. The van der Waals surface area contributed by atoms with Gasteiger partial charge in [0.1, 0.15) is 6.04 Å². The molecule has 0 spiro atoms. The molecule has 0 aliphatic carbocycles. The standard InChI is InChI=1S/C27H37N5O5/c1-3-37-26(36)31-14-12-29(13-15-31)18-27(2)8-10-30(11-9-27)20-4-5-21-19(16-20)17-32(25(21)35)22-6-7-23(33)28-24(22)34/h4-5,16,22H,3,6-15,17-18H2,1-2H3,(H,28,33,34). The molecule has 5 rings (SSSR count). The Morgan fingerprint density at radius 3 is 2.49 bits per heavy atom. The van der Waals surface area contributed by atoms with Crippen LogP contribution in [0.3, 0.4) is 0 Å². The fourth-order valence-corrected chi connectivity index (χ4v) is 6.06. The summed E-state index contributed by atoms with van der Waals surface area (Å²) in [5, 5.41) is 2.36. The lowest BCUT2D eigenvalue weighted by Crippen LogP contribution is -2.52. The Kier molecular flexibility index (Phi) is 7.11. The minimum Gasteiger partial charge on any atom is -0.450 e. The van der Waals surface area contributed by atoms with Gasteiger partial charge in [0.05, 0.1) is 6.61 Å². The first-order valence-electron chi connectivity index (χ1n) is 13.4. The van der Waals surface area contributed by atoms with Crippen molar-refractivity contribution < 1.29 is 23.9 Å². The molecule has 4 aliphatic rings. The van der Waals surface area contributed by atoms with Gasteiger partial charge in [-0.25, -0.2) is 4.79 Å². The summed E-state index contributed by atoms with van der Waals surface area (Å²) in [4.78, 5) is 57.0. The number of hydrogen-bond acceptors (Lipinski definition) is 7. The van der Waals surface area contributed by atoms with E-state index in [-0.39, 0.29) is 35.7 Å². The number of carbonyl (C=O) groups excluding carboxylic acids is 4. The molecule has 200 valence electrons. The van der Waals surface area contributed by atoms with Crippen LogP contribution in [-0.4, -0.2) is 97.0 Å². The summed E-state index contributed by atoms with van der Waals surface area (Å²) in [5.74, 6) is -0.788. The average molecular weight is 512 g/mol. The Labute approximate surface area is 217 Å². The Morgan fingerprint density at radius 1 is 1.08 bits per heavy atom. The van der Waals surface area contributed by atoms with Crippen molar-refractivity contribution >= 4 is 29.5 Å². The summed E-state index contributed by atoms with van der Waals surface area (Å²) >= 11 is 0. The van der Waals surface area contributed by atoms with Crippen LogP contribution in [0.1, 0.15) is 55.5 Å². The fraction of sp³-hybridized carbons (Fsp3) is 0.630. The number of benzene rings is 1. The van der Waals surface area contributed by atoms with E-state index >= 15 is 0 Å². The molecule has 1 aromatic carbocycles. The summed E-state index contributed by atoms with van der Waals surface area (Å²) in [5.41, 5.74) is 2.93. The second kappa shape index (κ2) is 10.3. The van der Waals surface area contributed by atoms with Crippen molar-refractivity contribution in [2.45, 2.75) is 52.1 Å². The fourth-order valence-electron chi connectivity index (χ4n) is 6.06. The highest BCUT2D eigenvalue weighted by atomic mass is 16.6. The molecule has 4 heterocycles. The third-order valence-corrected chi connectivity index (χ3v) is 8.35. The van der Waals surface area contributed by atoms with Crippen LogP contribution in [-0.2, 0) is 20.9 Å². The number of piperazine rings is 1. The largest absolute Gasteiger partial charge is 0.450 e. The highest BCUT2D eigenvalue weighted by Crippen LogP contribution is 2.36. The zero-order valence-electron chi connectivity index (χ0n) is 21.8. The minimum atomic E-state index is -0.587. The molecule has 0 bridgehead atoms. The summed E-state index contributed by atoms with van der Waals surface area (Å²) in [6.45, 7) is 11.1. The number of nitrogens with zero attached hydrogens (tertiary/aromatic N) is 4. The van der Waals surface area contributed by atoms with Crippen molar-refractivity contribution in [2.24, 2.45) is 5.41 Å². The van der Waals surface area contributed by atoms with E-state index in [1.807, 2.05) is 19.1 Å². The predicted molar refractivity (Wildman–Crippen MR) is 137 cm³/mol. The van der Waals surface area contributed by atoms with Crippen molar-refractivity contribution in [3.63, 3.8) is 0 Å². The van der Waals surface area contributed by atoms with Crippen LogP contribution in [0.2, 0.25) is 0 Å². The average Bonchev–Trinajstić information content (AvgIpc) is 3.20. The van der Waals surface area contributed by atoms with Crippen molar-refractivity contribution in [1.29, 1.82) is 0 Å². The van der Waals surface area contributed by atoms with Crippen molar-refractivity contribution in [3.8, 4) is 0 Å². The monoisotopic (exact) mass is 511 g/mol. The number of anilines is 1. The molecule has 4 amide bonds. The van der Waals surface area contributed by atoms with Crippen LogP contribution in [0.25, 0.3) is 0 Å². The van der Waals surface area contributed by atoms with Gasteiger partial charge in [-0.2, -0.15) is 0 Å². The van der Waals surface area contributed by atoms with E-state index in [2.05, 4.69) is 28.1 Å². The number of carbonyl (C=O) groups is 4. The number of imide groups is 1. The van der Waals surface area contributed by atoms with Gasteiger partial charge in [-0.3, -0.25) is 24.6 Å². The number of ether oxygens (including phenoxy) is 1. The molecule has 10 heteroatoms. The molecule has 0 saturated carbocycles. The van der Waals surface area contributed by atoms with E-state index < -0.39 is 6.04 Å². The van der Waals surface area contributed by atoms with Crippen molar-refractivity contribution in [1.82, 2.24) is 20.0 Å².